The Labute approximate surface area is 113 Å². The molecule has 0 aliphatic carbocycles. The Morgan fingerprint density at radius 2 is 2.28 bits per heavy atom. The van der Waals surface area contributed by atoms with Crippen LogP contribution in [0.1, 0.15) is 30.8 Å². The molecule has 0 saturated carbocycles. The van der Waals surface area contributed by atoms with Gasteiger partial charge in [0.05, 0.1) is 0 Å². The van der Waals surface area contributed by atoms with Gasteiger partial charge >= 0.3 is 0 Å². The molecular formula is C13H21N3OS. The van der Waals surface area contributed by atoms with Crippen molar-refractivity contribution < 1.29 is 4.79 Å². The molecule has 1 rings (SSSR count). The predicted octanol–water partition coefficient (Wildman–Crippen LogP) is 2.38. The fourth-order valence-corrected chi connectivity index (χ4v) is 2.31. The molecule has 1 heterocycles. The molecule has 0 bridgehead atoms. The Hall–Kier alpha value is -1.23. The third kappa shape index (κ3) is 4.56. The van der Waals surface area contributed by atoms with Crippen LogP contribution in [0.4, 0.5) is 5.69 Å². The average molecular weight is 267 g/mol. The van der Waals surface area contributed by atoms with E-state index in [0.717, 1.165) is 24.4 Å². The molecule has 0 saturated heterocycles. The molecule has 0 radical (unpaired) electrons. The molecule has 100 valence electrons. The molecular weight excluding hydrogens is 246 g/mol. The lowest BCUT2D eigenvalue weighted by Crippen LogP contribution is -2.36. The Kier molecular flexibility index (Phi) is 6.57. The number of carbonyl (C=O) groups excluding carboxylic acids is 1. The van der Waals surface area contributed by atoms with Crippen molar-refractivity contribution in [3.05, 3.63) is 24.0 Å². The van der Waals surface area contributed by atoms with E-state index in [9.17, 15) is 4.79 Å². The van der Waals surface area contributed by atoms with Gasteiger partial charge in [0.15, 0.2) is 0 Å². The number of amides is 1. The Morgan fingerprint density at radius 1 is 1.50 bits per heavy atom. The third-order valence-corrected chi connectivity index (χ3v) is 3.31. The second kappa shape index (κ2) is 7.97. The maximum atomic E-state index is 12.0. The fraction of sp³-hybridized carbons (Fsp3) is 0.538. The van der Waals surface area contributed by atoms with Crippen molar-refractivity contribution in [1.82, 2.24) is 10.3 Å². The van der Waals surface area contributed by atoms with Gasteiger partial charge in [0.2, 0.25) is 0 Å². The van der Waals surface area contributed by atoms with Crippen LogP contribution in [0.3, 0.4) is 0 Å². The van der Waals surface area contributed by atoms with Crippen LogP contribution in [0.15, 0.2) is 18.3 Å². The number of pyridine rings is 1. The zero-order valence-corrected chi connectivity index (χ0v) is 12.0. The summed E-state index contributed by atoms with van der Waals surface area (Å²) in [6.07, 6.45) is 4.63. The second-order valence-electron chi connectivity index (χ2n) is 3.99. The summed E-state index contributed by atoms with van der Waals surface area (Å²) < 4.78 is 0. The fourth-order valence-electron chi connectivity index (χ4n) is 1.59. The highest BCUT2D eigenvalue weighted by Gasteiger charge is 2.13. The van der Waals surface area contributed by atoms with Crippen LogP contribution in [0.25, 0.3) is 0 Å². The number of aromatic nitrogens is 1. The zero-order valence-electron chi connectivity index (χ0n) is 11.2. The summed E-state index contributed by atoms with van der Waals surface area (Å²) in [6, 6.07) is 3.85. The largest absolute Gasteiger partial charge is 0.385 e. The molecule has 5 heteroatoms. The van der Waals surface area contributed by atoms with Gasteiger partial charge in [-0.05, 0) is 31.7 Å². The highest BCUT2D eigenvalue weighted by atomic mass is 32.2. The minimum absolute atomic E-state index is 0.101. The first-order chi connectivity index (χ1) is 8.71. The molecule has 18 heavy (non-hydrogen) atoms. The number of nitrogens with one attached hydrogen (secondary N) is 2. The van der Waals surface area contributed by atoms with E-state index in [-0.39, 0.29) is 11.9 Å². The summed E-state index contributed by atoms with van der Waals surface area (Å²) in [5.41, 5.74) is 1.39. The Balaban J connectivity index is 2.68. The summed E-state index contributed by atoms with van der Waals surface area (Å²) in [7, 11) is 0. The topological polar surface area (TPSA) is 54.0 Å². The van der Waals surface area contributed by atoms with Crippen molar-refractivity contribution in [2.45, 2.75) is 26.3 Å². The summed E-state index contributed by atoms with van der Waals surface area (Å²) in [5, 5.41) is 6.17. The van der Waals surface area contributed by atoms with Crippen molar-refractivity contribution in [2.75, 3.05) is 23.9 Å². The van der Waals surface area contributed by atoms with Crippen molar-refractivity contribution in [1.29, 1.82) is 0 Å². The van der Waals surface area contributed by atoms with Crippen LogP contribution < -0.4 is 10.6 Å². The van der Waals surface area contributed by atoms with E-state index in [4.69, 9.17) is 0 Å². The number of nitrogens with zero attached hydrogens (tertiary/aromatic N) is 1. The van der Waals surface area contributed by atoms with Crippen molar-refractivity contribution in [3.8, 4) is 0 Å². The molecule has 0 fully saturated rings. The maximum Gasteiger partial charge on any atom is 0.270 e. The number of thioether (sulfide) groups is 1. The van der Waals surface area contributed by atoms with Crippen molar-refractivity contribution >= 4 is 23.4 Å². The van der Waals surface area contributed by atoms with E-state index < -0.39 is 0 Å². The molecule has 4 nitrogen and oxygen atoms in total. The van der Waals surface area contributed by atoms with Gasteiger partial charge in [-0.15, -0.1) is 0 Å². The smallest absolute Gasteiger partial charge is 0.270 e. The molecule has 2 N–H and O–H groups in total. The minimum atomic E-state index is -0.101. The van der Waals surface area contributed by atoms with Gasteiger partial charge in [0.1, 0.15) is 5.69 Å². The van der Waals surface area contributed by atoms with Crippen LogP contribution in [-0.4, -0.2) is 35.5 Å². The first-order valence-electron chi connectivity index (χ1n) is 6.21. The molecule has 1 aromatic rings. The maximum absolute atomic E-state index is 12.0. The lowest BCUT2D eigenvalue weighted by Gasteiger charge is -2.15. The monoisotopic (exact) mass is 267 g/mol. The molecule has 0 aliphatic heterocycles. The highest BCUT2D eigenvalue weighted by Crippen LogP contribution is 2.08. The third-order valence-electron chi connectivity index (χ3n) is 2.57. The minimum Gasteiger partial charge on any atom is -0.385 e. The van der Waals surface area contributed by atoms with Crippen molar-refractivity contribution in [2.24, 2.45) is 0 Å². The summed E-state index contributed by atoms with van der Waals surface area (Å²) in [6.45, 7) is 4.92. The first-order valence-corrected chi connectivity index (χ1v) is 7.60. The van der Waals surface area contributed by atoms with Crippen LogP contribution >= 0.6 is 11.8 Å². The number of carbonyl (C=O) groups is 1. The van der Waals surface area contributed by atoms with E-state index in [1.54, 1.807) is 24.0 Å². The normalized spacial score (nSPS) is 11.9. The van der Waals surface area contributed by atoms with Crippen LogP contribution in [0.2, 0.25) is 0 Å². The van der Waals surface area contributed by atoms with E-state index in [1.165, 1.54) is 0 Å². The standard InChI is InChI=1S/C13H21N3OS/c1-4-10(9-18-3)16-13(17)12-8-11(14-5-2)6-7-15-12/h6-8,10H,4-5,9H2,1-3H3,(H,14,15)(H,16,17). The number of hydrogen-bond donors (Lipinski definition) is 2. The van der Waals surface area contributed by atoms with Crippen LogP contribution in [-0.2, 0) is 0 Å². The van der Waals surface area contributed by atoms with Crippen molar-refractivity contribution in [3.63, 3.8) is 0 Å². The summed E-state index contributed by atoms with van der Waals surface area (Å²) in [5.74, 6) is 0.824. The SMILES string of the molecule is CCNc1ccnc(C(=O)NC(CC)CSC)c1. The van der Waals surface area contributed by atoms with Gasteiger partial charge < -0.3 is 10.6 Å². The van der Waals surface area contributed by atoms with Gasteiger partial charge in [-0.25, -0.2) is 0 Å². The van der Waals surface area contributed by atoms with Gasteiger partial charge in [0.25, 0.3) is 5.91 Å². The van der Waals surface area contributed by atoms with E-state index in [1.807, 2.05) is 19.2 Å². The first kappa shape index (κ1) is 14.8. The molecule has 0 aliphatic rings. The Morgan fingerprint density at radius 3 is 2.89 bits per heavy atom. The lowest BCUT2D eigenvalue weighted by atomic mass is 10.2. The van der Waals surface area contributed by atoms with Gasteiger partial charge in [0, 0.05) is 30.2 Å². The van der Waals surface area contributed by atoms with Gasteiger partial charge in [-0.1, -0.05) is 6.92 Å². The Bertz CT molecular complexity index is 384. The van der Waals surface area contributed by atoms with Gasteiger partial charge in [-0.2, -0.15) is 11.8 Å². The lowest BCUT2D eigenvalue weighted by molar-refractivity contribution is 0.0935. The van der Waals surface area contributed by atoms with Crippen LogP contribution in [0, 0.1) is 0 Å². The average Bonchev–Trinajstić information content (AvgIpc) is 2.39. The summed E-state index contributed by atoms with van der Waals surface area (Å²) in [4.78, 5) is 16.1. The molecule has 0 aromatic carbocycles. The number of anilines is 1. The van der Waals surface area contributed by atoms with Crippen LogP contribution in [0.5, 0.6) is 0 Å². The zero-order chi connectivity index (χ0) is 13.4. The number of rotatable bonds is 7. The molecule has 1 amide bonds. The number of hydrogen-bond acceptors (Lipinski definition) is 4. The molecule has 1 aromatic heterocycles. The van der Waals surface area contributed by atoms with E-state index in [0.29, 0.717) is 5.69 Å². The van der Waals surface area contributed by atoms with Gasteiger partial charge in [-0.3, -0.25) is 9.78 Å². The second-order valence-corrected chi connectivity index (χ2v) is 4.90. The quantitative estimate of drug-likeness (QED) is 0.796. The summed E-state index contributed by atoms with van der Waals surface area (Å²) >= 11 is 1.74. The predicted molar refractivity (Wildman–Crippen MR) is 78.3 cm³/mol. The van der Waals surface area contributed by atoms with E-state index >= 15 is 0 Å². The molecule has 1 unspecified atom stereocenters. The highest BCUT2D eigenvalue weighted by molar-refractivity contribution is 7.98. The molecule has 0 spiro atoms. The van der Waals surface area contributed by atoms with E-state index in [2.05, 4.69) is 22.5 Å². The molecule has 1 atom stereocenters.